The van der Waals surface area contributed by atoms with E-state index in [1.54, 1.807) is 6.92 Å². The summed E-state index contributed by atoms with van der Waals surface area (Å²) < 4.78 is 1.27. The van der Waals surface area contributed by atoms with Crippen LogP contribution in [0.2, 0.25) is 0 Å². The van der Waals surface area contributed by atoms with Crippen molar-refractivity contribution in [1.82, 2.24) is 4.90 Å². The van der Waals surface area contributed by atoms with E-state index in [1.165, 1.54) is 14.8 Å². The Hall–Kier alpha value is -0.780. The van der Waals surface area contributed by atoms with E-state index in [2.05, 4.69) is 53.0 Å². The number of carbonyl (C=O) groups excluding carboxylic acids is 1. The number of hydrogen-bond acceptors (Lipinski definition) is 2. The van der Waals surface area contributed by atoms with Gasteiger partial charge in [-0.15, -0.1) is 0 Å². The van der Waals surface area contributed by atoms with Crippen LogP contribution in [0.4, 0.5) is 5.69 Å². The number of nitrogens with zero attached hydrogens (tertiary/aromatic N) is 1. The maximum absolute atomic E-state index is 11.3. The van der Waals surface area contributed by atoms with Gasteiger partial charge in [0.25, 0.3) is 0 Å². The molecule has 1 heterocycles. The molecule has 1 aliphatic rings. The fourth-order valence-electron chi connectivity index (χ4n) is 2.35. The van der Waals surface area contributed by atoms with E-state index in [4.69, 9.17) is 0 Å². The van der Waals surface area contributed by atoms with E-state index in [0.29, 0.717) is 6.04 Å². The number of anilines is 1. The van der Waals surface area contributed by atoms with Gasteiger partial charge in [-0.3, -0.25) is 4.79 Å². The van der Waals surface area contributed by atoms with E-state index in [9.17, 15) is 4.79 Å². The smallest absolute Gasteiger partial charge is 0.219 e. The third-order valence-corrected chi connectivity index (χ3v) is 4.16. The Labute approximate surface area is 122 Å². The van der Waals surface area contributed by atoms with Crippen molar-refractivity contribution in [2.75, 3.05) is 18.4 Å². The van der Waals surface area contributed by atoms with Gasteiger partial charge in [-0.2, -0.15) is 0 Å². The molecule has 98 valence electrons. The van der Waals surface area contributed by atoms with Crippen LogP contribution in [-0.4, -0.2) is 29.9 Å². The minimum absolute atomic E-state index is 0.193. The van der Waals surface area contributed by atoms with E-state index >= 15 is 0 Å². The highest BCUT2D eigenvalue weighted by Gasteiger charge is 2.20. The molecule has 0 radical (unpaired) electrons. The first-order valence-electron chi connectivity index (χ1n) is 6.34. The summed E-state index contributed by atoms with van der Waals surface area (Å²) in [6.07, 6.45) is 2.07. The third-order valence-electron chi connectivity index (χ3n) is 3.49. The molecule has 0 atom stereocenters. The molecule has 1 amide bonds. The summed E-state index contributed by atoms with van der Waals surface area (Å²) >= 11 is 2.33. The number of benzene rings is 1. The first kappa shape index (κ1) is 13.6. The molecule has 1 aromatic rings. The third kappa shape index (κ3) is 3.37. The van der Waals surface area contributed by atoms with Gasteiger partial charge in [0.1, 0.15) is 0 Å². The molecule has 1 aliphatic heterocycles. The SMILES string of the molecule is CC(=O)N1CCC(Nc2ccc(I)cc2C)CC1. The molecule has 0 bridgehead atoms. The Morgan fingerprint density at radius 3 is 2.61 bits per heavy atom. The second-order valence-electron chi connectivity index (χ2n) is 4.88. The van der Waals surface area contributed by atoms with Crippen molar-refractivity contribution in [1.29, 1.82) is 0 Å². The minimum atomic E-state index is 0.193. The Bertz CT molecular complexity index is 439. The number of rotatable bonds is 2. The normalized spacial score (nSPS) is 16.7. The van der Waals surface area contributed by atoms with Crippen LogP contribution in [0.25, 0.3) is 0 Å². The quantitative estimate of drug-likeness (QED) is 0.825. The maximum atomic E-state index is 11.3. The van der Waals surface area contributed by atoms with E-state index in [1.807, 2.05) is 4.90 Å². The molecule has 0 unspecified atom stereocenters. The van der Waals surface area contributed by atoms with Crippen molar-refractivity contribution in [3.8, 4) is 0 Å². The number of nitrogens with one attached hydrogen (secondary N) is 1. The van der Waals surface area contributed by atoms with Crippen LogP contribution < -0.4 is 5.32 Å². The second-order valence-corrected chi connectivity index (χ2v) is 6.13. The van der Waals surface area contributed by atoms with Gasteiger partial charge >= 0.3 is 0 Å². The second kappa shape index (κ2) is 5.91. The van der Waals surface area contributed by atoms with Crippen LogP contribution in [0.15, 0.2) is 18.2 Å². The van der Waals surface area contributed by atoms with Crippen molar-refractivity contribution >= 4 is 34.2 Å². The van der Waals surface area contributed by atoms with Gasteiger partial charge in [0.15, 0.2) is 0 Å². The molecule has 3 nitrogen and oxygen atoms in total. The summed E-state index contributed by atoms with van der Waals surface area (Å²) in [6, 6.07) is 6.95. The number of likely N-dealkylation sites (tertiary alicyclic amines) is 1. The number of piperidine rings is 1. The number of halogens is 1. The molecular formula is C14H19IN2O. The van der Waals surface area contributed by atoms with Gasteiger partial charge < -0.3 is 10.2 Å². The molecular weight excluding hydrogens is 339 g/mol. The first-order chi connectivity index (χ1) is 8.56. The predicted octanol–water partition coefficient (Wildman–Crippen LogP) is 3.02. The highest BCUT2D eigenvalue weighted by molar-refractivity contribution is 14.1. The summed E-state index contributed by atoms with van der Waals surface area (Å²) in [6.45, 7) is 5.53. The Kier molecular flexibility index (Phi) is 4.48. The zero-order valence-corrected chi connectivity index (χ0v) is 13.0. The Balaban J connectivity index is 1.93. The molecule has 0 aromatic heterocycles. The van der Waals surface area contributed by atoms with Crippen LogP contribution in [-0.2, 0) is 4.79 Å². The van der Waals surface area contributed by atoms with E-state index in [-0.39, 0.29) is 5.91 Å². The van der Waals surface area contributed by atoms with Crippen LogP contribution in [0.3, 0.4) is 0 Å². The maximum Gasteiger partial charge on any atom is 0.219 e. The topological polar surface area (TPSA) is 32.3 Å². The van der Waals surface area contributed by atoms with Crippen LogP contribution in [0.1, 0.15) is 25.3 Å². The fourth-order valence-corrected chi connectivity index (χ4v) is 2.99. The molecule has 1 saturated heterocycles. The summed E-state index contributed by atoms with van der Waals surface area (Å²) in [5, 5.41) is 3.59. The zero-order chi connectivity index (χ0) is 13.1. The number of hydrogen-bond donors (Lipinski definition) is 1. The summed E-state index contributed by atoms with van der Waals surface area (Å²) in [4.78, 5) is 13.2. The predicted molar refractivity (Wildman–Crippen MR) is 82.8 cm³/mol. The lowest BCUT2D eigenvalue weighted by atomic mass is 10.0. The van der Waals surface area contributed by atoms with Gasteiger partial charge in [0, 0.05) is 35.3 Å². The number of aryl methyl sites for hydroxylation is 1. The van der Waals surface area contributed by atoms with Crippen molar-refractivity contribution in [3.05, 3.63) is 27.3 Å². The highest BCUT2D eigenvalue weighted by atomic mass is 127. The molecule has 1 N–H and O–H groups in total. The lowest BCUT2D eigenvalue weighted by Gasteiger charge is -2.32. The Morgan fingerprint density at radius 1 is 1.39 bits per heavy atom. The van der Waals surface area contributed by atoms with Crippen LogP contribution in [0.5, 0.6) is 0 Å². The molecule has 0 spiro atoms. The van der Waals surface area contributed by atoms with Gasteiger partial charge in [0.05, 0.1) is 0 Å². The standard InChI is InChI=1S/C14H19IN2O/c1-10-9-12(15)3-4-14(10)16-13-5-7-17(8-6-13)11(2)18/h3-4,9,13,16H,5-8H2,1-2H3. The molecule has 1 aromatic carbocycles. The lowest BCUT2D eigenvalue weighted by Crippen LogP contribution is -2.41. The lowest BCUT2D eigenvalue weighted by molar-refractivity contribution is -0.129. The Morgan fingerprint density at radius 2 is 2.06 bits per heavy atom. The van der Waals surface area contributed by atoms with Crippen LogP contribution >= 0.6 is 22.6 Å². The van der Waals surface area contributed by atoms with Crippen LogP contribution in [0, 0.1) is 10.5 Å². The zero-order valence-electron chi connectivity index (χ0n) is 10.9. The van der Waals surface area contributed by atoms with E-state index in [0.717, 1.165) is 25.9 Å². The fraction of sp³-hybridized carbons (Fsp3) is 0.500. The molecule has 1 fully saturated rings. The summed E-state index contributed by atoms with van der Waals surface area (Å²) in [5.41, 5.74) is 2.51. The molecule has 4 heteroatoms. The molecule has 0 aliphatic carbocycles. The van der Waals surface area contributed by atoms with E-state index < -0.39 is 0 Å². The minimum Gasteiger partial charge on any atom is -0.382 e. The number of amides is 1. The van der Waals surface area contributed by atoms with Gasteiger partial charge in [-0.25, -0.2) is 0 Å². The highest BCUT2D eigenvalue weighted by Crippen LogP contribution is 2.21. The van der Waals surface area contributed by atoms with Crippen molar-refractivity contribution in [2.45, 2.75) is 32.7 Å². The summed E-state index contributed by atoms with van der Waals surface area (Å²) in [5.74, 6) is 0.193. The van der Waals surface area contributed by atoms with Gasteiger partial charge in [0.2, 0.25) is 5.91 Å². The average molecular weight is 358 g/mol. The van der Waals surface area contributed by atoms with Gasteiger partial charge in [-0.1, -0.05) is 0 Å². The molecule has 18 heavy (non-hydrogen) atoms. The number of carbonyl (C=O) groups is 1. The van der Waals surface area contributed by atoms with Crippen molar-refractivity contribution in [3.63, 3.8) is 0 Å². The van der Waals surface area contributed by atoms with Crippen molar-refractivity contribution < 1.29 is 4.79 Å². The first-order valence-corrected chi connectivity index (χ1v) is 7.42. The summed E-state index contributed by atoms with van der Waals surface area (Å²) in [7, 11) is 0. The molecule has 0 saturated carbocycles. The monoisotopic (exact) mass is 358 g/mol. The van der Waals surface area contributed by atoms with Crippen molar-refractivity contribution in [2.24, 2.45) is 0 Å². The average Bonchev–Trinajstić information content (AvgIpc) is 2.33. The van der Waals surface area contributed by atoms with Gasteiger partial charge in [-0.05, 0) is 66.1 Å². The largest absolute Gasteiger partial charge is 0.382 e. The molecule has 2 rings (SSSR count).